The van der Waals surface area contributed by atoms with Crippen molar-refractivity contribution >= 4 is 21.9 Å². The van der Waals surface area contributed by atoms with Gasteiger partial charge < -0.3 is 9.64 Å². The Balaban J connectivity index is 1.70. The fraction of sp³-hybridized carbons (Fsp3) is 0.263. The standard InChI is InChI=1S/C19H17F3N2O5S/c1-29-19(26)13-4-2-12(3-5-13)18(25)23-8-10-24(11-9-23)30(27,28)15-7-6-14(20)16(21)17(15)22/h2-7H,8-11H2,1H3. The van der Waals surface area contributed by atoms with E-state index in [-0.39, 0.29) is 37.6 Å². The van der Waals surface area contributed by atoms with Crippen LogP contribution < -0.4 is 0 Å². The SMILES string of the molecule is COC(=O)c1ccc(C(=O)N2CCN(S(=O)(=O)c3ccc(F)c(F)c3F)CC2)cc1. The van der Waals surface area contributed by atoms with Crippen molar-refractivity contribution < 1.29 is 35.9 Å². The second-order valence-electron chi connectivity index (χ2n) is 6.44. The molecule has 0 spiro atoms. The van der Waals surface area contributed by atoms with Crippen LogP contribution in [0.4, 0.5) is 13.2 Å². The largest absolute Gasteiger partial charge is 0.465 e. The quantitative estimate of drug-likeness (QED) is 0.535. The molecule has 0 N–H and O–H groups in total. The number of benzene rings is 2. The minimum Gasteiger partial charge on any atom is -0.465 e. The summed E-state index contributed by atoms with van der Waals surface area (Å²) in [4.78, 5) is 24.5. The van der Waals surface area contributed by atoms with Gasteiger partial charge in [0.1, 0.15) is 4.90 Å². The van der Waals surface area contributed by atoms with E-state index in [0.29, 0.717) is 17.7 Å². The van der Waals surface area contributed by atoms with E-state index in [9.17, 15) is 31.2 Å². The maximum atomic E-state index is 13.9. The second-order valence-corrected chi connectivity index (χ2v) is 8.35. The molecule has 30 heavy (non-hydrogen) atoms. The van der Waals surface area contributed by atoms with E-state index in [1.54, 1.807) is 0 Å². The number of piperazine rings is 1. The molecule has 0 unspecified atom stereocenters. The molecule has 2 aromatic rings. The third-order valence-electron chi connectivity index (χ3n) is 4.70. The first-order valence-corrected chi connectivity index (χ1v) is 10.2. The van der Waals surface area contributed by atoms with Crippen molar-refractivity contribution in [2.24, 2.45) is 0 Å². The molecule has 160 valence electrons. The Kier molecular flexibility index (Phi) is 6.13. The summed E-state index contributed by atoms with van der Waals surface area (Å²) in [6, 6.07) is 6.99. The summed E-state index contributed by atoms with van der Waals surface area (Å²) in [6.45, 7) is -0.260. The minimum absolute atomic E-state index is 0.0160. The van der Waals surface area contributed by atoms with Gasteiger partial charge in [-0.2, -0.15) is 4.31 Å². The van der Waals surface area contributed by atoms with Crippen LogP contribution >= 0.6 is 0 Å². The molecule has 7 nitrogen and oxygen atoms in total. The molecule has 0 aromatic heterocycles. The van der Waals surface area contributed by atoms with Crippen LogP contribution in [-0.2, 0) is 14.8 Å². The Morgan fingerprint density at radius 1 is 0.867 bits per heavy atom. The lowest BCUT2D eigenvalue weighted by atomic mass is 10.1. The number of nitrogens with zero attached hydrogens (tertiary/aromatic N) is 2. The number of esters is 1. The Morgan fingerprint density at radius 2 is 1.43 bits per heavy atom. The molecule has 1 aliphatic heterocycles. The number of carbonyl (C=O) groups excluding carboxylic acids is 2. The number of carbonyl (C=O) groups is 2. The average Bonchev–Trinajstić information content (AvgIpc) is 2.76. The topological polar surface area (TPSA) is 84.0 Å². The molecule has 0 aliphatic carbocycles. The Bertz CT molecular complexity index is 1080. The Morgan fingerprint density at radius 3 is 2.00 bits per heavy atom. The van der Waals surface area contributed by atoms with Gasteiger partial charge in [0.15, 0.2) is 17.5 Å². The molecular formula is C19H17F3N2O5S. The fourth-order valence-corrected chi connectivity index (χ4v) is 4.51. The number of hydrogen-bond acceptors (Lipinski definition) is 5. The molecule has 11 heteroatoms. The summed E-state index contributed by atoms with van der Waals surface area (Å²) in [5, 5.41) is 0. The van der Waals surface area contributed by atoms with Gasteiger partial charge in [-0.25, -0.2) is 26.4 Å². The van der Waals surface area contributed by atoms with E-state index < -0.39 is 38.3 Å². The van der Waals surface area contributed by atoms with Crippen molar-refractivity contribution in [2.75, 3.05) is 33.3 Å². The van der Waals surface area contributed by atoms with Crippen LogP contribution in [0.1, 0.15) is 20.7 Å². The van der Waals surface area contributed by atoms with Crippen molar-refractivity contribution in [1.82, 2.24) is 9.21 Å². The first kappa shape index (κ1) is 21.8. The molecule has 1 amide bonds. The number of rotatable bonds is 4. The Hall–Kier alpha value is -2.92. The first-order valence-electron chi connectivity index (χ1n) is 8.78. The molecule has 1 fully saturated rings. The van der Waals surface area contributed by atoms with Gasteiger partial charge in [-0.3, -0.25) is 4.79 Å². The van der Waals surface area contributed by atoms with Gasteiger partial charge >= 0.3 is 5.97 Å². The highest BCUT2D eigenvalue weighted by Gasteiger charge is 2.33. The molecule has 1 saturated heterocycles. The smallest absolute Gasteiger partial charge is 0.337 e. The predicted molar refractivity (Wildman–Crippen MR) is 98.8 cm³/mol. The number of sulfonamides is 1. The van der Waals surface area contributed by atoms with Gasteiger partial charge in [0.2, 0.25) is 10.0 Å². The zero-order valence-electron chi connectivity index (χ0n) is 15.8. The van der Waals surface area contributed by atoms with E-state index >= 15 is 0 Å². The molecule has 0 atom stereocenters. The number of halogens is 3. The van der Waals surface area contributed by atoms with Gasteiger partial charge in [-0.1, -0.05) is 0 Å². The first-order chi connectivity index (χ1) is 14.2. The molecule has 3 rings (SSSR count). The summed E-state index contributed by atoms with van der Waals surface area (Å²) in [7, 11) is -3.16. The fourth-order valence-electron chi connectivity index (χ4n) is 3.03. The van der Waals surface area contributed by atoms with E-state index in [1.807, 2.05) is 0 Å². The summed E-state index contributed by atoms with van der Waals surface area (Å²) in [5.74, 6) is -6.04. The highest BCUT2D eigenvalue weighted by molar-refractivity contribution is 7.89. The number of hydrogen-bond donors (Lipinski definition) is 0. The molecule has 0 bridgehead atoms. The number of ether oxygens (including phenoxy) is 1. The van der Waals surface area contributed by atoms with Gasteiger partial charge in [-0.05, 0) is 36.4 Å². The summed E-state index contributed by atoms with van der Waals surface area (Å²) in [5.41, 5.74) is 0.573. The van der Waals surface area contributed by atoms with Crippen LogP contribution in [0.5, 0.6) is 0 Å². The van der Waals surface area contributed by atoms with Crippen LogP contribution in [0.25, 0.3) is 0 Å². The van der Waals surface area contributed by atoms with Crippen molar-refractivity contribution in [1.29, 1.82) is 0 Å². The van der Waals surface area contributed by atoms with Crippen molar-refractivity contribution in [2.45, 2.75) is 4.90 Å². The van der Waals surface area contributed by atoms with Crippen molar-refractivity contribution in [3.63, 3.8) is 0 Å². The molecule has 0 saturated carbocycles. The van der Waals surface area contributed by atoms with E-state index in [1.165, 1.54) is 36.3 Å². The zero-order valence-corrected chi connectivity index (χ0v) is 16.6. The van der Waals surface area contributed by atoms with Gasteiger partial charge in [0.25, 0.3) is 5.91 Å². The van der Waals surface area contributed by atoms with Gasteiger partial charge in [0, 0.05) is 31.7 Å². The van der Waals surface area contributed by atoms with Gasteiger partial charge in [0.05, 0.1) is 12.7 Å². The number of amides is 1. The van der Waals surface area contributed by atoms with Crippen LogP contribution in [-0.4, -0.2) is 62.8 Å². The van der Waals surface area contributed by atoms with Crippen molar-refractivity contribution in [3.05, 3.63) is 65.0 Å². The second kappa shape index (κ2) is 8.44. The van der Waals surface area contributed by atoms with Crippen LogP contribution in [0.3, 0.4) is 0 Å². The monoisotopic (exact) mass is 442 g/mol. The molecule has 1 aliphatic rings. The summed E-state index contributed by atoms with van der Waals surface area (Å²) in [6.07, 6.45) is 0. The van der Waals surface area contributed by atoms with Crippen LogP contribution in [0.2, 0.25) is 0 Å². The maximum Gasteiger partial charge on any atom is 0.337 e. The van der Waals surface area contributed by atoms with E-state index in [2.05, 4.69) is 4.74 Å². The molecular weight excluding hydrogens is 425 g/mol. The molecule has 2 aromatic carbocycles. The van der Waals surface area contributed by atoms with Crippen molar-refractivity contribution in [3.8, 4) is 0 Å². The number of methoxy groups -OCH3 is 1. The van der Waals surface area contributed by atoms with Crippen LogP contribution in [0, 0.1) is 17.5 Å². The summed E-state index contributed by atoms with van der Waals surface area (Å²) >= 11 is 0. The normalized spacial score (nSPS) is 15.1. The molecule has 0 radical (unpaired) electrons. The lowest BCUT2D eigenvalue weighted by Crippen LogP contribution is -2.50. The highest BCUT2D eigenvalue weighted by Crippen LogP contribution is 2.24. The molecule has 1 heterocycles. The lowest BCUT2D eigenvalue weighted by molar-refractivity contribution is 0.0599. The van der Waals surface area contributed by atoms with Crippen LogP contribution in [0.15, 0.2) is 41.3 Å². The Labute approximate surface area is 170 Å². The predicted octanol–water partition coefficient (Wildman–Crippen LogP) is 2.04. The third-order valence-corrected chi connectivity index (χ3v) is 6.61. The third kappa shape index (κ3) is 4.03. The average molecular weight is 442 g/mol. The summed E-state index contributed by atoms with van der Waals surface area (Å²) < 4.78 is 71.1. The highest BCUT2D eigenvalue weighted by atomic mass is 32.2. The minimum atomic E-state index is -4.40. The van der Waals surface area contributed by atoms with Gasteiger partial charge in [-0.15, -0.1) is 0 Å². The van der Waals surface area contributed by atoms with E-state index in [0.717, 1.165) is 4.31 Å². The lowest BCUT2D eigenvalue weighted by Gasteiger charge is -2.34. The van der Waals surface area contributed by atoms with E-state index in [4.69, 9.17) is 0 Å². The zero-order chi connectivity index (χ0) is 22.1. The maximum absolute atomic E-state index is 13.9.